The monoisotopic (exact) mass is 358 g/mol. The van der Waals surface area contributed by atoms with Gasteiger partial charge in [0.25, 0.3) is 5.91 Å². The molecule has 0 bridgehead atoms. The van der Waals surface area contributed by atoms with Crippen LogP contribution in [0.3, 0.4) is 0 Å². The lowest BCUT2D eigenvalue weighted by molar-refractivity contribution is 0.0715. The molecule has 1 aliphatic heterocycles. The fourth-order valence-electron chi connectivity index (χ4n) is 3.42. The molecular weight excluding hydrogens is 332 g/mol. The molecule has 0 aromatic carbocycles. The fraction of sp³-hybridized carbons (Fsp3) is 0.667. The van der Waals surface area contributed by atoms with Crippen molar-refractivity contribution < 1.29 is 9.53 Å². The summed E-state index contributed by atoms with van der Waals surface area (Å²) in [4.78, 5) is 18.6. The summed E-state index contributed by atoms with van der Waals surface area (Å²) >= 11 is 0. The standard InChI is InChI=1S/C18H26N6O2/c1-12(2)24-16-8-23(18(25)17-19-11-22(3)21-17)7-6-14(16)15(20-24)10-26-9-13-4-5-13/h11-13H,4-10H2,1-3H3. The van der Waals surface area contributed by atoms with Gasteiger partial charge in [-0.05, 0) is 39.0 Å². The minimum absolute atomic E-state index is 0.126. The number of aromatic nitrogens is 5. The van der Waals surface area contributed by atoms with Crippen molar-refractivity contribution in [2.24, 2.45) is 13.0 Å². The molecule has 8 nitrogen and oxygen atoms in total. The molecule has 1 aliphatic carbocycles. The Bertz CT molecular complexity index is 805. The molecule has 1 saturated carbocycles. The van der Waals surface area contributed by atoms with Gasteiger partial charge < -0.3 is 9.64 Å². The first-order chi connectivity index (χ1) is 12.5. The molecule has 2 aliphatic rings. The summed E-state index contributed by atoms with van der Waals surface area (Å²) < 4.78 is 9.46. The second-order valence-corrected chi connectivity index (χ2v) is 7.59. The number of carbonyl (C=O) groups excluding carboxylic acids is 1. The van der Waals surface area contributed by atoms with Crippen molar-refractivity contribution >= 4 is 5.91 Å². The molecule has 0 saturated heterocycles. The Morgan fingerprint density at radius 2 is 2.15 bits per heavy atom. The predicted octanol–water partition coefficient (Wildman–Crippen LogP) is 1.72. The highest BCUT2D eigenvalue weighted by atomic mass is 16.5. The van der Waals surface area contributed by atoms with E-state index in [0.29, 0.717) is 19.7 Å². The molecule has 3 heterocycles. The third-order valence-corrected chi connectivity index (χ3v) is 5.03. The van der Waals surface area contributed by atoms with E-state index in [4.69, 9.17) is 9.84 Å². The summed E-state index contributed by atoms with van der Waals surface area (Å²) in [5, 5.41) is 8.94. The lowest BCUT2D eigenvalue weighted by Gasteiger charge is -2.27. The van der Waals surface area contributed by atoms with Gasteiger partial charge >= 0.3 is 0 Å². The maximum absolute atomic E-state index is 12.7. The predicted molar refractivity (Wildman–Crippen MR) is 94.4 cm³/mol. The molecular formula is C18H26N6O2. The van der Waals surface area contributed by atoms with Gasteiger partial charge in [-0.25, -0.2) is 4.98 Å². The normalized spacial score (nSPS) is 17.0. The Labute approximate surface area is 153 Å². The van der Waals surface area contributed by atoms with E-state index in [1.54, 1.807) is 18.1 Å². The Kier molecular flexibility index (Phi) is 4.52. The molecule has 8 heteroatoms. The molecule has 0 N–H and O–H groups in total. The summed E-state index contributed by atoms with van der Waals surface area (Å²) in [6.07, 6.45) is 4.92. The molecule has 0 atom stereocenters. The lowest BCUT2D eigenvalue weighted by Crippen LogP contribution is -2.37. The average molecular weight is 358 g/mol. The number of carbonyl (C=O) groups is 1. The number of ether oxygens (including phenoxy) is 1. The molecule has 2 aromatic rings. The quantitative estimate of drug-likeness (QED) is 0.786. The zero-order valence-corrected chi connectivity index (χ0v) is 15.7. The minimum atomic E-state index is -0.126. The number of aryl methyl sites for hydroxylation is 1. The van der Waals surface area contributed by atoms with E-state index in [9.17, 15) is 4.79 Å². The van der Waals surface area contributed by atoms with Crippen LogP contribution in [0, 0.1) is 5.92 Å². The van der Waals surface area contributed by atoms with Crippen molar-refractivity contribution in [1.29, 1.82) is 0 Å². The molecule has 1 fully saturated rings. The molecule has 4 rings (SSSR count). The maximum Gasteiger partial charge on any atom is 0.293 e. The number of hydrogen-bond donors (Lipinski definition) is 0. The van der Waals surface area contributed by atoms with Gasteiger partial charge in [0.05, 0.1) is 24.5 Å². The van der Waals surface area contributed by atoms with Crippen LogP contribution in [0.4, 0.5) is 0 Å². The van der Waals surface area contributed by atoms with Crippen LogP contribution in [0.15, 0.2) is 6.33 Å². The minimum Gasteiger partial charge on any atom is -0.375 e. The SMILES string of the molecule is CC(C)n1nc(COCC2CC2)c2c1CN(C(=O)c1ncn(C)n1)CC2. The van der Waals surface area contributed by atoms with E-state index in [-0.39, 0.29) is 17.8 Å². The van der Waals surface area contributed by atoms with Crippen LogP contribution >= 0.6 is 0 Å². The van der Waals surface area contributed by atoms with Crippen LogP contribution in [0.5, 0.6) is 0 Å². The Hall–Kier alpha value is -2.22. The Balaban J connectivity index is 1.52. The highest BCUT2D eigenvalue weighted by Crippen LogP contribution is 2.30. The van der Waals surface area contributed by atoms with Crippen LogP contribution in [-0.2, 0) is 31.4 Å². The van der Waals surface area contributed by atoms with Gasteiger partial charge in [-0.2, -0.15) is 5.10 Å². The molecule has 0 radical (unpaired) electrons. The number of hydrogen-bond acceptors (Lipinski definition) is 5. The summed E-state index contributed by atoms with van der Waals surface area (Å²) in [5.74, 6) is 0.871. The van der Waals surface area contributed by atoms with E-state index in [0.717, 1.165) is 30.3 Å². The summed E-state index contributed by atoms with van der Waals surface area (Å²) in [5.41, 5.74) is 3.38. The van der Waals surface area contributed by atoms with E-state index in [1.165, 1.54) is 18.4 Å². The van der Waals surface area contributed by atoms with Gasteiger partial charge in [-0.15, -0.1) is 5.10 Å². The van der Waals surface area contributed by atoms with Crippen LogP contribution < -0.4 is 0 Å². The molecule has 0 unspecified atom stereocenters. The zero-order valence-electron chi connectivity index (χ0n) is 15.7. The lowest BCUT2D eigenvalue weighted by atomic mass is 10.0. The smallest absolute Gasteiger partial charge is 0.293 e. The van der Waals surface area contributed by atoms with Crippen molar-refractivity contribution in [3.63, 3.8) is 0 Å². The van der Waals surface area contributed by atoms with Crippen molar-refractivity contribution in [3.8, 4) is 0 Å². The van der Waals surface area contributed by atoms with Gasteiger partial charge in [-0.3, -0.25) is 14.2 Å². The second-order valence-electron chi connectivity index (χ2n) is 7.59. The van der Waals surface area contributed by atoms with Crippen molar-refractivity contribution in [2.45, 2.75) is 52.3 Å². The van der Waals surface area contributed by atoms with Crippen molar-refractivity contribution in [1.82, 2.24) is 29.4 Å². The van der Waals surface area contributed by atoms with Gasteiger partial charge in [0.2, 0.25) is 5.82 Å². The van der Waals surface area contributed by atoms with Gasteiger partial charge in [0.15, 0.2) is 0 Å². The zero-order chi connectivity index (χ0) is 18.3. The highest BCUT2D eigenvalue weighted by molar-refractivity contribution is 5.90. The number of nitrogens with zero attached hydrogens (tertiary/aromatic N) is 6. The van der Waals surface area contributed by atoms with Crippen LogP contribution in [0.25, 0.3) is 0 Å². The molecule has 0 spiro atoms. The third-order valence-electron chi connectivity index (χ3n) is 5.03. The molecule has 26 heavy (non-hydrogen) atoms. The topological polar surface area (TPSA) is 78.1 Å². The van der Waals surface area contributed by atoms with Crippen LogP contribution in [0.2, 0.25) is 0 Å². The first kappa shape index (κ1) is 17.2. The second kappa shape index (κ2) is 6.83. The molecule has 1 amide bonds. The Morgan fingerprint density at radius 1 is 1.35 bits per heavy atom. The summed E-state index contributed by atoms with van der Waals surface area (Å²) in [6, 6.07) is 0.240. The van der Waals surface area contributed by atoms with Crippen LogP contribution in [0.1, 0.15) is 60.3 Å². The first-order valence-corrected chi connectivity index (χ1v) is 9.34. The van der Waals surface area contributed by atoms with Gasteiger partial charge in [0, 0.05) is 31.8 Å². The highest BCUT2D eigenvalue weighted by Gasteiger charge is 2.30. The molecule has 2 aromatic heterocycles. The van der Waals surface area contributed by atoms with E-state index in [1.807, 2.05) is 9.58 Å². The number of rotatable bonds is 6. The van der Waals surface area contributed by atoms with Gasteiger partial charge in [0.1, 0.15) is 6.33 Å². The average Bonchev–Trinajstić information content (AvgIpc) is 3.22. The van der Waals surface area contributed by atoms with Gasteiger partial charge in [-0.1, -0.05) is 0 Å². The van der Waals surface area contributed by atoms with E-state index < -0.39 is 0 Å². The van der Waals surface area contributed by atoms with E-state index in [2.05, 4.69) is 23.9 Å². The largest absolute Gasteiger partial charge is 0.375 e. The maximum atomic E-state index is 12.7. The first-order valence-electron chi connectivity index (χ1n) is 9.34. The summed E-state index contributed by atoms with van der Waals surface area (Å²) in [6.45, 7) is 6.82. The molecule has 140 valence electrons. The van der Waals surface area contributed by atoms with Crippen molar-refractivity contribution in [3.05, 3.63) is 29.1 Å². The van der Waals surface area contributed by atoms with Crippen LogP contribution in [-0.4, -0.2) is 48.5 Å². The van der Waals surface area contributed by atoms with E-state index >= 15 is 0 Å². The Morgan fingerprint density at radius 3 is 2.81 bits per heavy atom. The summed E-state index contributed by atoms with van der Waals surface area (Å²) in [7, 11) is 1.76. The number of fused-ring (bicyclic) bond motifs is 1. The van der Waals surface area contributed by atoms with Crippen molar-refractivity contribution in [2.75, 3.05) is 13.2 Å². The fourth-order valence-corrected chi connectivity index (χ4v) is 3.42. The number of amides is 1. The third kappa shape index (κ3) is 3.38.